The fourth-order valence-corrected chi connectivity index (χ4v) is 1.91. The average molecular weight is 256 g/mol. The van der Waals surface area contributed by atoms with Crippen molar-refractivity contribution < 1.29 is 9.84 Å². The van der Waals surface area contributed by atoms with Crippen LogP contribution in [0.4, 0.5) is 0 Å². The van der Waals surface area contributed by atoms with E-state index in [1.54, 1.807) is 0 Å². The van der Waals surface area contributed by atoms with Crippen LogP contribution in [0.25, 0.3) is 0 Å². The summed E-state index contributed by atoms with van der Waals surface area (Å²) in [5.74, 6) is 1.63. The van der Waals surface area contributed by atoms with Crippen molar-refractivity contribution in [2.75, 3.05) is 0 Å². The second-order valence-corrected chi connectivity index (χ2v) is 4.84. The maximum Gasteiger partial charge on any atom is 0.127 e. The van der Waals surface area contributed by atoms with E-state index in [4.69, 9.17) is 4.74 Å². The molecule has 0 radical (unpaired) electrons. The lowest BCUT2D eigenvalue weighted by molar-refractivity contribution is 0.173. The van der Waals surface area contributed by atoms with Crippen LogP contribution in [0.1, 0.15) is 36.1 Å². The Labute approximate surface area is 114 Å². The Balaban J connectivity index is 2.12. The molecule has 0 aliphatic rings. The predicted molar refractivity (Wildman–Crippen MR) is 77.7 cm³/mol. The molecule has 0 bridgehead atoms. The third-order valence-electron chi connectivity index (χ3n) is 3.37. The van der Waals surface area contributed by atoms with Crippen molar-refractivity contribution in [2.45, 2.75) is 33.3 Å². The number of ether oxygens (including phenoxy) is 1. The molecule has 0 aromatic heterocycles. The summed E-state index contributed by atoms with van der Waals surface area (Å²) < 4.78 is 5.80. The Bertz CT molecular complexity index is 544. The standard InChI is InChI=1S/C17H20O2/c1-4-17(18)14-6-9-15(10-7-14)19-16-8-5-12(2)13(3)11-16/h5-11,17-18H,4H2,1-3H3. The molecule has 1 atom stereocenters. The van der Waals surface area contributed by atoms with Crippen molar-refractivity contribution >= 4 is 0 Å². The molecule has 100 valence electrons. The van der Waals surface area contributed by atoms with Crippen molar-refractivity contribution in [3.8, 4) is 11.5 Å². The van der Waals surface area contributed by atoms with Crippen LogP contribution in [0.3, 0.4) is 0 Å². The van der Waals surface area contributed by atoms with Crippen LogP contribution in [0.2, 0.25) is 0 Å². The third-order valence-corrected chi connectivity index (χ3v) is 3.37. The van der Waals surface area contributed by atoms with Gasteiger partial charge in [0, 0.05) is 0 Å². The zero-order chi connectivity index (χ0) is 13.8. The first kappa shape index (κ1) is 13.6. The Kier molecular flexibility index (Phi) is 4.23. The first-order valence-electron chi connectivity index (χ1n) is 6.63. The van der Waals surface area contributed by atoms with Crippen molar-refractivity contribution in [3.05, 3.63) is 59.2 Å². The number of aryl methyl sites for hydroxylation is 2. The van der Waals surface area contributed by atoms with E-state index >= 15 is 0 Å². The topological polar surface area (TPSA) is 29.5 Å². The number of aliphatic hydroxyl groups is 1. The molecule has 0 spiro atoms. The Morgan fingerprint density at radius 1 is 0.947 bits per heavy atom. The van der Waals surface area contributed by atoms with Gasteiger partial charge in [0.05, 0.1) is 6.10 Å². The second-order valence-electron chi connectivity index (χ2n) is 4.84. The lowest BCUT2D eigenvalue weighted by Gasteiger charge is -2.11. The lowest BCUT2D eigenvalue weighted by atomic mass is 10.1. The van der Waals surface area contributed by atoms with Gasteiger partial charge in [-0.25, -0.2) is 0 Å². The van der Waals surface area contributed by atoms with Crippen LogP contribution in [0.5, 0.6) is 11.5 Å². The fraction of sp³-hybridized carbons (Fsp3) is 0.294. The SMILES string of the molecule is CCC(O)c1ccc(Oc2ccc(C)c(C)c2)cc1. The van der Waals surface area contributed by atoms with Crippen LogP contribution in [-0.4, -0.2) is 5.11 Å². The van der Waals surface area contributed by atoms with E-state index in [1.165, 1.54) is 11.1 Å². The maximum absolute atomic E-state index is 9.74. The van der Waals surface area contributed by atoms with Gasteiger partial charge in [-0.3, -0.25) is 0 Å². The summed E-state index contributed by atoms with van der Waals surface area (Å²) in [5, 5.41) is 9.74. The molecule has 2 aromatic rings. The van der Waals surface area contributed by atoms with Gasteiger partial charge in [0.2, 0.25) is 0 Å². The zero-order valence-electron chi connectivity index (χ0n) is 11.7. The molecule has 0 aliphatic carbocycles. The highest BCUT2D eigenvalue weighted by Crippen LogP contribution is 2.25. The van der Waals surface area contributed by atoms with E-state index in [1.807, 2.05) is 43.3 Å². The first-order chi connectivity index (χ1) is 9.10. The molecule has 0 saturated heterocycles. The van der Waals surface area contributed by atoms with E-state index in [-0.39, 0.29) is 0 Å². The molecular weight excluding hydrogens is 236 g/mol. The summed E-state index contributed by atoms with van der Waals surface area (Å²) in [7, 11) is 0. The minimum Gasteiger partial charge on any atom is -0.457 e. The van der Waals surface area contributed by atoms with E-state index in [2.05, 4.69) is 19.9 Å². The average Bonchev–Trinajstić information content (AvgIpc) is 2.43. The van der Waals surface area contributed by atoms with Crippen LogP contribution in [0.15, 0.2) is 42.5 Å². The highest BCUT2D eigenvalue weighted by molar-refractivity contribution is 5.38. The largest absolute Gasteiger partial charge is 0.457 e. The van der Waals surface area contributed by atoms with Gasteiger partial charge in [0.15, 0.2) is 0 Å². The first-order valence-corrected chi connectivity index (χ1v) is 6.63. The normalized spacial score (nSPS) is 12.2. The molecule has 19 heavy (non-hydrogen) atoms. The summed E-state index contributed by atoms with van der Waals surface area (Å²) >= 11 is 0. The van der Waals surface area contributed by atoms with Gasteiger partial charge in [0.1, 0.15) is 11.5 Å². The van der Waals surface area contributed by atoms with E-state index in [9.17, 15) is 5.11 Å². The van der Waals surface area contributed by atoms with Gasteiger partial charge in [-0.05, 0) is 61.2 Å². The predicted octanol–water partition coefficient (Wildman–Crippen LogP) is 4.54. The Hall–Kier alpha value is -1.80. The molecule has 0 heterocycles. The van der Waals surface area contributed by atoms with Gasteiger partial charge < -0.3 is 9.84 Å². The summed E-state index contributed by atoms with van der Waals surface area (Å²) in [5.41, 5.74) is 3.40. The van der Waals surface area contributed by atoms with Gasteiger partial charge >= 0.3 is 0 Å². The molecule has 2 aromatic carbocycles. The number of aliphatic hydroxyl groups excluding tert-OH is 1. The lowest BCUT2D eigenvalue weighted by Crippen LogP contribution is -1.94. The monoisotopic (exact) mass is 256 g/mol. The smallest absolute Gasteiger partial charge is 0.127 e. The molecule has 1 N–H and O–H groups in total. The zero-order valence-corrected chi connectivity index (χ0v) is 11.7. The second kappa shape index (κ2) is 5.89. The number of benzene rings is 2. The molecule has 0 amide bonds. The molecule has 2 nitrogen and oxygen atoms in total. The Morgan fingerprint density at radius 3 is 2.16 bits per heavy atom. The number of hydrogen-bond acceptors (Lipinski definition) is 2. The van der Waals surface area contributed by atoms with Gasteiger partial charge in [-0.1, -0.05) is 25.1 Å². The summed E-state index contributed by atoms with van der Waals surface area (Å²) in [4.78, 5) is 0. The van der Waals surface area contributed by atoms with Crippen molar-refractivity contribution in [1.82, 2.24) is 0 Å². The number of hydrogen-bond donors (Lipinski definition) is 1. The van der Waals surface area contributed by atoms with Gasteiger partial charge in [-0.15, -0.1) is 0 Å². The molecular formula is C17H20O2. The van der Waals surface area contributed by atoms with Gasteiger partial charge in [-0.2, -0.15) is 0 Å². The summed E-state index contributed by atoms with van der Waals surface area (Å²) in [6.45, 7) is 6.12. The van der Waals surface area contributed by atoms with Crippen molar-refractivity contribution in [3.63, 3.8) is 0 Å². The maximum atomic E-state index is 9.74. The quantitative estimate of drug-likeness (QED) is 0.870. The third kappa shape index (κ3) is 3.36. The van der Waals surface area contributed by atoms with Crippen LogP contribution < -0.4 is 4.74 Å². The molecule has 2 heteroatoms. The van der Waals surface area contributed by atoms with Gasteiger partial charge in [0.25, 0.3) is 0 Å². The minimum atomic E-state index is -0.393. The number of rotatable bonds is 4. The highest BCUT2D eigenvalue weighted by atomic mass is 16.5. The van der Waals surface area contributed by atoms with E-state index in [0.29, 0.717) is 0 Å². The van der Waals surface area contributed by atoms with Crippen LogP contribution in [-0.2, 0) is 0 Å². The fourth-order valence-electron chi connectivity index (χ4n) is 1.91. The molecule has 2 rings (SSSR count). The summed E-state index contributed by atoms with van der Waals surface area (Å²) in [6.07, 6.45) is 0.327. The highest BCUT2D eigenvalue weighted by Gasteiger charge is 2.05. The van der Waals surface area contributed by atoms with Crippen LogP contribution in [0, 0.1) is 13.8 Å². The van der Waals surface area contributed by atoms with E-state index in [0.717, 1.165) is 23.5 Å². The molecule has 0 aliphatic heterocycles. The van der Waals surface area contributed by atoms with E-state index < -0.39 is 6.10 Å². The van der Waals surface area contributed by atoms with Crippen molar-refractivity contribution in [2.24, 2.45) is 0 Å². The van der Waals surface area contributed by atoms with Crippen molar-refractivity contribution in [1.29, 1.82) is 0 Å². The minimum absolute atomic E-state index is 0.393. The summed E-state index contributed by atoms with van der Waals surface area (Å²) in [6, 6.07) is 13.7. The Morgan fingerprint density at radius 2 is 1.58 bits per heavy atom. The van der Waals surface area contributed by atoms with Crippen LogP contribution >= 0.6 is 0 Å². The molecule has 0 fully saturated rings. The molecule has 0 saturated carbocycles. The molecule has 1 unspecified atom stereocenters.